The van der Waals surface area contributed by atoms with E-state index in [4.69, 9.17) is 58.2 Å². The van der Waals surface area contributed by atoms with Gasteiger partial charge in [0.15, 0.2) is 0 Å². The molecular formula is C64H34N8O4Zn. The van der Waals surface area contributed by atoms with Crippen LogP contribution in [0.15, 0.2) is 215 Å². The Bertz CT molecular complexity index is 5090. The normalized spacial score (nSPS) is 11.8. The van der Waals surface area contributed by atoms with E-state index in [0.717, 1.165) is 43.3 Å². The van der Waals surface area contributed by atoms with Gasteiger partial charge in [0, 0.05) is 55.3 Å². The topological polar surface area (TPSA) is 150 Å². The average molecular weight is 1040 g/mol. The van der Waals surface area contributed by atoms with Crippen LogP contribution in [0.4, 0.5) is 0 Å². The Morgan fingerprint density at radius 2 is 0.844 bits per heavy atom. The van der Waals surface area contributed by atoms with Crippen LogP contribution in [0.5, 0.6) is 23.0 Å². The first-order valence-electron chi connectivity index (χ1n) is 24.7. The van der Waals surface area contributed by atoms with Crippen LogP contribution in [-0.4, -0.2) is 29.9 Å². The second-order valence-corrected chi connectivity index (χ2v) is 18.6. The van der Waals surface area contributed by atoms with Gasteiger partial charge in [-0.1, -0.05) is 121 Å². The zero-order valence-electron chi connectivity index (χ0n) is 40.5. The fourth-order valence-electron chi connectivity index (χ4n) is 10.6. The molecule has 3 aliphatic rings. The molecule has 0 N–H and O–H groups in total. The fraction of sp³-hybridized carbons (Fsp3) is 0. The maximum absolute atomic E-state index is 7.26. The molecule has 356 valence electrons. The Morgan fingerprint density at radius 1 is 0.312 bits per heavy atom. The number of aromatic nitrogens is 8. The summed E-state index contributed by atoms with van der Waals surface area (Å²) in [7, 11) is 0. The Balaban J connectivity index is 0.00000518. The summed E-state index contributed by atoms with van der Waals surface area (Å²) in [6, 6.07) is 67.5. The molecule has 0 saturated carbocycles. The molecule has 8 bridgehead atoms. The third kappa shape index (κ3) is 7.31. The van der Waals surface area contributed by atoms with Crippen molar-refractivity contribution in [1.29, 1.82) is 0 Å². The van der Waals surface area contributed by atoms with Gasteiger partial charge in [-0.05, 0) is 123 Å². The number of hydrogen-bond donors (Lipinski definition) is 0. The van der Waals surface area contributed by atoms with Gasteiger partial charge >= 0.3 is 19.5 Å². The molecule has 12 nitrogen and oxygen atoms in total. The molecule has 0 atom stereocenters. The standard InChI is InChI=1S/C64H34N8O4.Zn/c1-3-15-37(16-4-1)73-39-27-29-43-47(33-39)61-67-57(43)65-59-45-21-11-23-49-55(45)63(70-59)72-64-56-46(60(71-64)66-58-44-30-28-40(34-48(44)62(68-58)69-61)74-38-17-5-2-6-18-38)22-12-24-50(56)76-52-32-26-36-14-8-10-20-42(36)54(52)53-41-19-9-7-13-35(41)25-31-51(53)75-49;/h1-34H;/q-2;+2. The summed E-state index contributed by atoms with van der Waals surface area (Å²) in [5.41, 5.74) is 6.21. The van der Waals surface area contributed by atoms with Crippen molar-refractivity contribution in [2.45, 2.75) is 0 Å². The number of hydrogen-bond acceptors (Lipinski definition) is 10. The van der Waals surface area contributed by atoms with E-state index in [9.17, 15) is 0 Å². The van der Waals surface area contributed by atoms with Gasteiger partial charge in [0.2, 0.25) is 0 Å². The van der Waals surface area contributed by atoms with Crippen LogP contribution in [0.3, 0.4) is 0 Å². The van der Waals surface area contributed by atoms with Crippen molar-refractivity contribution in [3.63, 3.8) is 0 Å². The van der Waals surface area contributed by atoms with Crippen LogP contribution in [0, 0.1) is 0 Å². The van der Waals surface area contributed by atoms with Crippen molar-refractivity contribution in [1.82, 2.24) is 39.9 Å². The molecule has 0 saturated heterocycles. The largest absolute Gasteiger partial charge is 2.00 e. The molecule has 77 heavy (non-hydrogen) atoms. The Morgan fingerprint density at radius 3 is 1.56 bits per heavy atom. The molecule has 13 aromatic rings. The maximum Gasteiger partial charge on any atom is 2.00 e. The Kier molecular flexibility index (Phi) is 10.1. The number of nitrogens with zero attached hydrogens (tertiary/aromatic N) is 8. The molecule has 0 fully saturated rings. The minimum Gasteiger partial charge on any atom is -0.457 e. The van der Waals surface area contributed by atoms with E-state index in [2.05, 4.69) is 48.5 Å². The molecule has 16 rings (SSSR count). The molecular weight excluding hydrogens is 1010 g/mol. The molecule has 0 aliphatic carbocycles. The zero-order chi connectivity index (χ0) is 49.8. The van der Waals surface area contributed by atoms with Gasteiger partial charge in [-0.15, -0.1) is 0 Å². The van der Waals surface area contributed by atoms with Crippen molar-refractivity contribution in [3.8, 4) is 57.2 Å². The smallest absolute Gasteiger partial charge is 0.457 e. The molecule has 13 heteroatoms. The van der Waals surface area contributed by atoms with Crippen LogP contribution in [0.25, 0.3) is 144 Å². The van der Waals surface area contributed by atoms with Gasteiger partial charge in [0.25, 0.3) is 0 Å². The maximum atomic E-state index is 7.26. The monoisotopic (exact) mass is 1040 g/mol. The minimum atomic E-state index is 0. The predicted octanol–water partition coefficient (Wildman–Crippen LogP) is 15.8. The van der Waals surface area contributed by atoms with Crippen molar-refractivity contribution < 1.29 is 37.8 Å². The van der Waals surface area contributed by atoms with Crippen molar-refractivity contribution in [2.24, 2.45) is 0 Å². The van der Waals surface area contributed by atoms with E-state index in [-0.39, 0.29) is 19.5 Å². The van der Waals surface area contributed by atoms with E-state index in [1.54, 1.807) is 0 Å². The molecule has 0 amide bonds. The first-order valence-corrected chi connectivity index (χ1v) is 24.7. The van der Waals surface area contributed by atoms with E-state index >= 15 is 0 Å². The molecule has 10 aromatic carbocycles. The number of fused-ring (bicyclic) bond motifs is 21. The summed E-state index contributed by atoms with van der Waals surface area (Å²) in [5.74, 6) is 3.67. The summed E-state index contributed by atoms with van der Waals surface area (Å²) in [5, 5.41) is 9.25. The fourth-order valence-corrected chi connectivity index (χ4v) is 10.6. The van der Waals surface area contributed by atoms with E-state index in [1.807, 2.05) is 158 Å². The third-order valence-electron chi connectivity index (χ3n) is 14.1. The molecule has 0 radical (unpaired) electrons. The summed E-state index contributed by atoms with van der Waals surface area (Å²) in [4.78, 5) is 42.1. The molecule has 0 spiro atoms. The number of benzene rings is 10. The van der Waals surface area contributed by atoms with Crippen LogP contribution in [0.1, 0.15) is 0 Å². The first-order chi connectivity index (χ1) is 37.6. The second-order valence-electron chi connectivity index (χ2n) is 18.6. The van der Waals surface area contributed by atoms with Crippen LogP contribution >= 0.6 is 0 Å². The summed E-state index contributed by atoms with van der Waals surface area (Å²) >= 11 is 0. The summed E-state index contributed by atoms with van der Waals surface area (Å²) < 4.78 is 27.3. The summed E-state index contributed by atoms with van der Waals surface area (Å²) in [6.45, 7) is 0. The first kappa shape index (κ1) is 44.4. The Hall–Kier alpha value is -10.1. The SMILES string of the molecule is [Zn+2].c1ccc(Oc2ccc3c(c2)-c2nc-3nc3[n-]c4nc5nc(nc6[n-]c(n2)c2cc(Oc7ccccc7)ccc62)c2cccc(oc6ccc7ccccc7c6c6c(ccc7ccccc76)oc6cccc3c46)c2-5)cc1. The quantitative estimate of drug-likeness (QED) is 0.154. The third-order valence-corrected chi connectivity index (χ3v) is 14.1. The van der Waals surface area contributed by atoms with Gasteiger partial charge < -0.3 is 48.2 Å². The molecule has 3 aromatic heterocycles. The van der Waals surface area contributed by atoms with Crippen molar-refractivity contribution in [3.05, 3.63) is 206 Å². The van der Waals surface area contributed by atoms with Crippen molar-refractivity contribution >= 4 is 110 Å². The number of ether oxygens (including phenoxy) is 2. The summed E-state index contributed by atoms with van der Waals surface area (Å²) in [6.07, 6.45) is 0. The molecule has 6 heterocycles. The minimum absolute atomic E-state index is 0. The van der Waals surface area contributed by atoms with E-state index in [0.29, 0.717) is 124 Å². The average Bonchev–Trinajstić information content (AvgIpc) is 4.28. The van der Waals surface area contributed by atoms with Crippen molar-refractivity contribution in [2.75, 3.05) is 0 Å². The van der Waals surface area contributed by atoms with E-state index in [1.165, 1.54) is 0 Å². The zero-order valence-corrected chi connectivity index (χ0v) is 43.5. The van der Waals surface area contributed by atoms with E-state index < -0.39 is 0 Å². The van der Waals surface area contributed by atoms with Gasteiger partial charge in [-0.25, -0.2) is 9.97 Å². The van der Waals surface area contributed by atoms with Gasteiger partial charge in [-0.2, -0.15) is 0 Å². The molecule has 3 aliphatic heterocycles. The van der Waals surface area contributed by atoms with Crippen LogP contribution in [-0.2, 0) is 19.5 Å². The van der Waals surface area contributed by atoms with Gasteiger partial charge in [0.1, 0.15) is 45.3 Å². The number of para-hydroxylation sites is 2. The number of rotatable bonds is 4. The van der Waals surface area contributed by atoms with Crippen LogP contribution < -0.4 is 19.4 Å². The Labute approximate surface area is 448 Å². The second kappa shape index (κ2) is 17.5. The van der Waals surface area contributed by atoms with Gasteiger partial charge in [0.05, 0.1) is 28.7 Å². The van der Waals surface area contributed by atoms with Gasteiger partial charge in [-0.3, -0.25) is 0 Å². The predicted molar refractivity (Wildman–Crippen MR) is 298 cm³/mol. The molecule has 0 unspecified atom stereocenters. The van der Waals surface area contributed by atoms with Crippen LogP contribution in [0.2, 0.25) is 0 Å².